The number of aryl methyl sites for hydroxylation is 1. The smallest absolute Gasteiger partial charge is 0.288 e. The molecule has 1 unspecified atom stereocenters. The molecular formula is C18H22ClN3O4. The van der Waals surface area contributed by atoms with Crippen molar-refractivity contribution in [2.45, 2.75) is 19.5 Å². The molecule has 1 N–H and O–H groups in total. The standard InChI is InChI=1S/C18H22ClN3O4/c1-13-2-5-18(26-13)17(21-6-8-25-9-7-21)12-20-11-14-3-4-15(19)16(10-14)22(23)24/h2-5,10,17,20H,6-9,11-12H2,1H3. The molecule has 1 aromatic heterocycles. The van der Waals surface area contributed by atoms with Crippen molar-refractivity contribution >= 4 is 17.3 Å². The average Bonchev–Trinajstić information content (AvgIpc) is 3.06. The summed E-state index contributed by atoms with van der Waals surface area (Å²) in [6, 6.07) is 8.93. The molecule has 1 fully saturated rings. The van der Waals surface area contributed by atoms with E-state index in [1.807, 2.05) is 19.1 Å². The van der Waals surface area contributed by atoms with Crippen LogP contribution in [0, 0.1) is 17.0 Å². The van der Waals surface area contributed by atoms with E-state index < -0.39 is 4.92 Å². The Hall–Kier alpha value is -1.93. The van der Waals surface area contributed by atoms with Gasteiger partial charge in [-0.15, -0.1) is 0 Å². The minimum absolute atomic E-state index is 0.0719. The fourth-order valence-corrected chi connectivity index (χ4v) is 3.28. The van der Waals surface area contributed by atoms with Crippen molar-refractivity contribution in [3.63, 3.8) is 0 Å². The maximum atomic E-state index is 11.0. The third-order valence-corrected chi connectivity index (χ3v) is 4.77. The van der Waals surface area contributed by atoms with Crippen molar-refractivity contribution in [3.05, 3.63) is 62.6 Å². The molecule has 8 heteroatoms. The monoisotopic (exact) mass is 379 g/mol. The summed E-state index contributed by atoms with van der Waals surface area (Å²) in [4.78, 5) is 12.9. The van der Waals surface area contributed by atoms with E-state index in [0.717, 1.165) is 30.2 Å². The van der Waals surface area contributed by atoms with Gasteiger partial charge in [0.2, 0.25) is 0 Å². The number of nitro benzene ring substituents is 1. The van der Waals surface area contributed by atoms with Gasteiger partial charge in [-0.1, -0.05) is 17.7 Å². The Labute approximate surface area is 157 Å². The number of rotatable bonds is 7. The molecule has 1 aromatic carbocycles. The second kappa shape index (κ2) is 8.64. The summed E-state index contributed by atoms with van der Waals surface area (Å²) in [6.45, 7) is 6.22. The van der Waals surface area contributed by atoms with Gasteiger partial charge in [-0.25, -0.2) is 0 Å². The maximum Gasteiger partial charge on any atom is 0.288 e. The summed E-state index contributed by atoms with van der Waals surface area (Å²) in [7, 11) is 0. The number of furan rings is 1. The molecule has 7 nitrogen and oxygen atoms in total. The first-order chi connectivity index (χ1) is 12.5. The zero-order chi connectivity index (χ0) is 18.5. The van der Waals surface area contributed by atoms with E-state index in [-0.39, 0.29) is 16.8 Å². The van der Waals surface area contributed by atoms with Gasteiger partial charge >= 0.3 is 0 Å². The first-order valence-electron chi connectivity index (χ1n) is 8.56. The van der Waals surface area contributed by atoms with E-state index in [0.29, 0.717) is 26.3 Å². The van der Waals surface area contributed by atoms with Crippen LogP contribution in [0.3, 0.4) is 0 Å². The molecule has 3 rings (SSSR count). The Morgan fingerprint density at radius 2 is 2.08 bits per heavy atom. The molecule has 140 valence electrons. The van der Waals surface area contributed by atoms with Crippen LogP contribution in [0.15, 0.2) is 34.7 Å². The van der Waals surface area contributed by atoms with Gasteiger partial charge in [0.05, 0.1) is 24.2 Å². The van der Waals surface area contributed by atoms with Crippen molar-refractivity contribution in [3.8, 4) is 0 Å². The molecule has 1 aliphatic rings. The summed E-state index contributed by atoms with van der Waals surface area (Å²) in [5.74, 6) is 1.80. The molecule has 1 atom stereocenters. The lowest BCUT2D eigenvalue weighted by Crippen LogP contribution is -2.42. The third kappa shape index (κ3) is 4.62. The predicted molar refractivity (Wildman–Crippen MR) is 98.4 cm³/mol. The normalized spacial score (nSPS) is 16.5. The van der Waals surface area contributed by atoms with Gasteiger partial charge in [0.15, 0.2) is 0 Å². The predicted octanol–water partition coefficient (Wildman–Crippen LogP) is 3.31. The number of hydrogen-bond acceptors (Lipinski definition) is 6. The summed E-state index contributed by atoms with van der Waals surface area (Å²) in [6.07, 6.45) is 0. The van der Waals surface area contributed by atoms with E-state index in [1.54, 1.807) is 12.1 Å². The Bertz CT molecular complexity index is 759. The van der Waals surface area contributed by atoms with Crippen molar-refractivity contribution < 1.29 is 14.1 Å². The van der Waals surface area contributed by atoms with Crippen LogP contribution in [0.4, 0.5) is 5.69 Å². The molecule has 0 bridgehead atoms. The van der Waals surface area contributed by atoms with E-state index >= 15 is 0 Å². The Morgan fingerprint density at radius 3 is 2.73 bits per heavy atom. The van der Waals surface area contributed by atoms with Crippen molar-refractivity contribution in [1.82, 2.24) is 10.2 Å². The van der Waals surface area contributed by atoms with Crippen molar-refractivity contribution in [2.24, 2.45) is 0 Å². The molecule has 0 radical (unpaired) electrons. The third-order valence-electron chi connectivity index (χ3n) is 4.45. The molecule has 0 aliphatic carbocycles. The van der Waals surface area contributed by atoms with Gasteiger partial charge in [-0.2, -0.15) is 0 Å². The van der Waals surface area contributed by atoms with Crippen LogP contribution >= 0.6 is 11.6 Å². The molecule has 26 heavy (non-hydrogen) atoms. The number of morpholine rings is 1. The quantitative estimate of drug-likeness (QED) is 0.587. The van der Waals surface area contributed by atoms with Gasteiger partial charge in [0, 0.05) is 32.2 Å². The molecule has 1 saturated heterocycles. The fourth-order valence-electron chi connectivity index (χ4n) is 3.09. The molecule has 0 spiro atoms. The first-order valence-corrected chi connectivity index (χ1v) is 8.94. The van der Waals surface area contributed by atoms with Gasteiger partial charge in [0.25, 0.3) is 5.69 Å². The number of nitrogens with one attached hydrogen (secondary N) is 1. The number of halogens is 1. The van der Waals surface area contributed by atoms with Crippen molar-refractivity contribution in [2.75, 3.05) is 32.8 Å². The molecule has 2 aromatic rings. The highest BCUT2D eigenvalue weighted by molar-refractivity contribution is 6.32. The lowest BCUT2D eigenvalue weighted by Gasteiger charge is -2.33. The largest absolute Gasteiger partial charge is 0.465 e. The van der Waals surface area contributed by atoms with E-state index in [2.05, 4.69) is 10.2 Å². The van der Waals surface area contributed by atoms with Crippen LogP contribution in [0.2, 0.25) is 5.02 Å². The second-order valence-electron chi connectivity index (χ2n) is 6.29. The fraction of sp³-hybridized carbons (Fsp3) is 0.444. The van der Waals surface area contributed by atoms with Crippen LogP contribution in [-0.2, 0) is 11.3 Å². The van der Waals surface area contributed by atoms with Crippen LogP contribution in [0.1, 0.15) is 23.1 Å². The molecule has 0 saturated carbocycles. The topological polar surface area (TPSA) is 80.8 Å². The molecule has 1 aliphatic heterocycles. The summed E-state index contributed by atoms with van der Waals surface area (Å²) < 4.78 is 11.3. The van der Waals surface area contributed by atoms with Gasteiger partial charge in [0.1, 0.15) is 16.5 Å². The summed E-state index contributed by atoms with van der Waals surface area (Å²) >= 11 is 5.87. The number of nitrogens with zero attached hydrogens (tertiary/aromatic N) is 2. The molecular weight excluding hydrogens is 358 g/mol. The SMILES string of the molecule is Cc1ccc(C(CNCc2ccc(Cl)c([N+](=O)[O-])c2)N2CCOCC2)o1. The van der Waals surface area contributed by atoms with Crippen LogP contribution < -0.4 is 5.32 Å². The minimum Gasteiger partial charge on any atom is -0.465 e. The van der Waals surface area contributed by atoms with Crippen molar-refractivity contribution in [1.29, 1.82) is 0 Å². The maximum absolute atomic E-state index is 11.0. The molecule has 0 amide bonds. The van der Waals surface area contributed by atoms with E-state index in [1.165, 1.54) is 6.07 Å². The Morgan fingerprint density at radius 1 is 1.31 bits per heavy atom. The van der Waals surface area contributed by atoms with E-state index in [9.17, 15) is 10.1 Å². The van der Waals surface area contributed by atoms with Gasteiger partial charge < -0.3 is 14.5 Å². The van der Waals surface area contributed by atoms with Gasteiger partial charge in [-0.3, -0.25) is 15.0 Å². The average molecular weight is 380 g/mol. The van der Waals surface area contributed by atoms with Crippen LogP contribution in [0.25, 0.3) is 0 Å². The zero-order valence-electron chi connectivity index (χ0n) is 14.6. The first kappa shape index (κ1) is 18.8. The Kier molecular flexibility index (Phi) is 6.26. The summed E-state index contributed by atoms with van der Waals surface area (Å²) in [5.41, 5.74) is 0.745. The molecule has 2 heterocycles. The lowest BCUT2D eigenvalue weighted by molar-refractivity contribution is -0.384. The van der Waals surface area contributed by atoms with Crippen LogP contribution in [-0.4, -0.2) is 42.7 Å². The number of nitro groups is 1. The van der Waals surface area contributed by atoms with Gasteiger partial charge in [-0.05, 0) is 30.7 Å². The zero-order valence-corrected chi connectivity index (χ0v) is 15.4. The number of benzene rings is 1. The summed E-state index contributed by atoms with van der Waals surface area (Å²) in [5, 5.41) is 14.6. The highest BCUT2D eigenvalue weighted by Crippen LogP contribution is 2.26. The number of ether oxygens (including phenoxy) is 1. The minimum atomic E-state index is -0.464. The lowest BCUT2D eigenvalue weighted by atomic mass is 10.1. The second-order valence-corrected chi connectivity index (χ2v) is 6.69. The highest BCUT2D eigenvalue weighted by atomic mass is 35.5. The highest BCUT2D eigenvalue weighted by Gasteiger charge is 2.25. The number of hydrogen-bond donors (Lipinski definition) is 1. The van der Waals surface area contributed by atoms with E-state index in [4.69, 9.17) is 20.8 Å². The Balaban J connectivity index is 1.66. The van der Waals surface area contributed by atoms with Crippen LogP contribution in [0.5, 0.6) is 0 Å².